The molecule has 2 fully saturated rings. The van der Waals surface area contributed by atoms with E-state index in [-0.39, 0.29) is 17.9 Å². The van der Waals surface area contributed by atoms with E-state index in [0.717, 1.165) is 34.4 Å². The number of nitrogens with one attached hydrogen (secondary N) is 1. The lowest BCUT2D eigenvalue weighted by Crippen LogP contribution is -2.26. The molecule has 2 atom stereocenters. The van der Waals surface area contributed by atoms with Crippen LogP contribution in [0.25, 0.3) is 21.6 Å². The fourth-order valence-corrected chi connectivity index (χ4v) is 4.65. The first-order chi connectivity index (χ1) is 14.3. The number of rotatable bonds is 6. The minimum atomic E-state index is -1.00. The van der Waals surface area contributed by atoms with Crippen LogP contribution in [0, 0.1) is 5.92 Å². The highest BCUT2D eigenvalue weighted by Crippen LogP contribution is 2.41. The third-order valence-electron chi connectivity index (χ3n) is 5.71. The topological polar surface area (TPSA) is 102 Å². The number of ether oxygens (including phenoxy) is 1. The van der Waals surface area contributed by atoms with Crippen molar-refractivity contribution in [2.45, 2.75) is 57.8 Å². The zero-order valence-electron chi connectivity index (χ0n) is 17.3. The van der Waals surface area contributed by atoms with Gasteiger partial charge in [-0.05, 0) is 39.7 Å². The molecule has 1 aliphatic carbocycles. The number of hydrogen-bond acceptors (Lipinski definition) is 7. The molecule has 4 heterocycles. The Morgan fingerprint density at radius 1 is 1.37 bits per heavy atom. The molecule has 3 aromatic heterocycles. The molecule has 3 aromatic rings. The predicted octanol–water partition coefficient (Wildman–Crippen LogP) is 3.02. The lowest BCUT2D eigenvalue weighted by Gasteiger charge is -2.20. The number of nitrogens with zero attached hydrogens (tertiary/aromatic N) is 4. The standard InChI is InChI=1S/C21H25N5O3S/c1-11(12-6-17(27)22-8-12)29-19-18-15(24-10-26(18)13-4-5-13)7-14(25-19)16-9-23-20(30-16)21(2,3)28/h7,9-13,28H,4-6,8H2,1-3H3,(H,22,27). The van der Waals surface area contributed by atoms with Gasteiger partial charge in [-0.1, -0.05) is 0 Å². The van der Waals surface area contributed by atoms with Gasteiger partial charge >= 0.3 is 0 Å². The monoisotopic (exact) mass is 427 g/mol. The van der Waals surface area contributed by atoms with Gasteiger partial charge in [-0.2, -0.15) is 0 Å². The van der Waals surface area contributed by atoms with Gasteiger partial charge in [0, 0.05) is 31.1 Å². The van der Waals surface area contributed by atoms with Crippen molar-refractivity contribution >= 4 is 28.3 Å². The van der Waals surface area contributed by atoms with Crippen molar-refractivity contribution in [1.82, 2.24) is 24.8 Å². The van der Waals surface area contributed by atoms with E-state index in [1.54, 1.807) is 20.0 Å². The van der Waals surface area contributed by atoms with Crippen LogP contribution < -0.4 is 10.1 Å². The SMILES string of the molecule is CC(Oc1nc(-c2cnc(C(C)(C)O)s2)cc2ncn(C3CC3)c12)C1CNC(=O)C1. The van der Waals surface area contributed by atoms with Crippen LogP contribution in [0.1, 0.15) is 51.1 Å². The average Bonchev–Trinajstić information content (AvgIpc) is 3.10. The Kier molecular flexibility index (Phi) is 4.55. The molecule has 9 heteroatoms. The molecule has 0 spiro atoms. The predicted molar refractivity (Wildman–Crippen MR) is 113 cm³/mol. The first-order valence-corrected chi connectivity index (χ1v) is 11.1. The maximum atomic E-state index is 11.6. The first kappa shape index (κ1) is 19.4. The maximum absolute atomic E-state index is 11.6. The van der Waals surface area contributed by atoms with Crippen molar-refractivity contribution in [2.24, 2.45) is 5.92 Å². The summed E-state index contributed by atoms with van der Waals surface area (Å²) in [7, 11) is 0. The average molecular weight is 428 g/mol. The van der Waals surface area contributed by atoms with E-state index in [1.165, 1.54) is 11.3 Å². The molecule has 2 unspecified atom stereocenters. The highest BCUT2D eigenvalue weighted by Gasteiger charge is 2.31. The van der Waals surface area contributed by atoms with Crippen LogP contribution in [-0.2, 0) is 10.4 Å². The molecular weight excluding hydrogens is 402 g/mol. The van der Waals surface area contributed by atoms with Crippen LogP contribution in [0.3, 0.4) is 0 Å². The molecule has 1 saturated carbocycles. The number of imidazole rings is 1. The molecular formula is C21H25N5O3S. The summed E-state index contributed by atoms with van der Waals surface area (Å²) < 4.78 is 8.50. The van der Waals surface area contributed by atoms with Crippen molar-refractivity contribution < 1.29 is 14.6 Å². The van der Waals surface area contributed by atoms with E-state index in [9.17, 15) is 9.90 Å². The summed E-state index contributed by atoms with van der Waals surface area (Å²) in [4.78, 5) is 26.3. The quantitative estimate of drug-likeness (QED) is 0.627. The van der Waals surface area contributed by atoms with Crippen molar-refractivity contribution in [1.29, 1.82) is 0 Å². The van der Waals surface area contributed by atoms with Gasteiger partial charge in [0.2, 0.25) is 11.8 Å². The van der Waals surface area contributed by atoms with Gasteiger partial charge in [-0.3, -0.25) is 4.79 Å². The molecule has 1 amide bonds. The molecule has 2 N–H and O–H groups in total. The Morgan fingerprint density at radius 3 is 2.80 bits per heavy atom. The Morgan fingerprint density at radius 2 is 2.17 bits per heavy atom. The molecule has 0 aromatic carbocycles. The highest BCUT2D eigenvalue weighted by atomic mass is 32.1. The first-order valence-electron chi connectivity index (χ1n) is 10.3. The highest BCUT2D eigenvalue weighted by molar-refractivity contribution is 7.15. The van der Waals surface area contributed by atoms with E-state index >= 15 is 0 Å². The van der Waals surface area contributed by atoms with Gasteiger partial charge < -0.3 is 19.7 Å². The van der Waals surface area contributed by atoms with E-state index in [1.807, 2.05) is 19.3 Å². The van der Waals surface area contributed by atoms with Crippen LogP contribution in [0.2, 0.25) is 0 Å². The number of pyridine rings is 1. The number of carbonyl (C=O) groups is 1. The minimum absolute atomic E-state index is 0.0640. The summed E-state index contributed by atoms with van der Waals surface area (Å²) in [6, 6.07) is 2.40. The number of fused-ring (bicyclic) bond motifs is 1. The second kappa shape index (κ2) is 7.02. The number of aliphatic hydroxyl groups is 1. The lowest BCUT2D eigenvalue weighted by molar-refractivity contribution is -0.119. The minimum Gasteiger partial charge on any atom is -0.473 e. The van der Waals surface area contributed by atoms with E-state index in [2.05, 4.69) is 19.9 Å². The molecule has 158 valence electrons. The van der Waals surface area contributed by atoms with Crippen LogP contribution in [0.15, 0.2) is 18.6 Å². The van der Waals surface area contributed by atoms with Gasteiger partial charge in [0.25, 0.3) is 0 Å². The van der Waals surface area contributed by atoms with Crippen molar-refractivity contribution in [2.75, 3.05) is 6.54 Å². The summed E-state index contributed by atoms with van der Waals surface area (Å²) >= 11 is 1.41. The van der Waals surface area contributed by atoms with E-state index < -0.39 is 5.60 Å². The second-order valence-electron chi connectivity index (χ2n) is 8.74. The second-order valence-corrected chi connectivity index (χ2v) is 9.77. The molecule has 2 aliphatic rings. The molecule has 8 nitrogen and oxygen atoms in total. The summed E-state index contributed by atoms with van der Waals surface area (Å²) in [5, 5.41) is 13.8. The zero-order valence-corrected chi connectivity index (χ0v) is 18.1. The number of thiazole rings is 1. The van der Waals surface area contributed by atoms with E-state index in [4.69, 9.17) is 9.72 Å². The molecule has 0 bridgehead atoms. The van der Waals surface area contributed by atoms with Crippen LogP contribution >= 0.6 is 11.3 Å². The molecule has 1 aliphatic heterocycles. The summed E-state index contributed by atoms with van der Waals surface area (Å²) in [6.07, 6.45) is 6.17. The Hall–Kier alpha value is -2.52. The zero-order chi connectivity index (χ0) is 21.0. The van der Waals surface area contributed by atoms with Gasteiger partial charge in [0.05, 0.1) is 22.4 Å². The number of carbonyl (C=O) groups excluding carboxylic acids is 1. The van der Waals surface area contributed by atoms with Gasteiger partial charge in [-0.15, -0.1) is 11.3 Å². The summed E-state index contributed by atoms with van der Waals surface area (Å²) in [6.45, 7) is 6.05. The summed E-state index contributed by atoms with van der Waals surface area (Å²) in [5.74, 6) is 0.714. The van der Waals surface area contributed by atoms with Crippen molar-refractivity contribution in [3.05, 3.63) is 23.6 Å². The third-order valence-corrected chi connectivity index (χ3v) is 7.04. The molecule has 5 rings (SSSR count). The number of hydrogen-bond donors (Lipinski definition) is 2. The summed E-state index contributed by atoms with van der Waals surface area (Å²) in [5.41, 5.74) is 1.45. The van der Waals surface area contributed by atoms with Crippen molar-refractivity contribution in [3.8, 4) is 16.5 Å². The Balaban J connectivity index is 1.55. The van der Waals surface area contributed by atoms with Gasteiger partial charge in [0.15, 0.2) is 0 Å². The Bertz CT molecular complexity index is 1110. The third kappa shape index (κ3) is 3.56. The van der Waals surface area contributed by atoms with Crippen LogP contribution in [0.5, 0.6) is 5.88 Å². The fraction of sp³-hybridized carbons (Fsp3) is 0.524. The number of aromatic nitrogens is 4. The molecule has 1 saturated heterocycles. The number of amides is 1. The normalized spacial score (nSPS) is 20.5. The van der Waals surface area contributed by atoms with E-state index in [0.29, 0.717) is 29.9 Å². The Labute approximate surface area is 178 Å². The van der Waals surface area contributed by atoms with Gasteiger partial charge in [0.1, 0.15) is 22.2 Å². The van der Waals surface area contributed by atoms with Crippen LogP contribution in [-0.4, -0.2) is 43.2 Å². The largest absolute Gasteiger partial charge is 0.473 e. The maximum Gasteiger partial charge on any atom is 0.241 e. The van der Waals surface area contributed by atoms with Crippen LogP contribution in [0.4, 0.5) is 0 Å². The molecule has 30 heavy (non-hydrogen) atoms. The fourth-order valence-electron chi connectivity index (χ4n) is 3.77. The van der Waals surface area contributed by atoms with Crippen molar-refractivity contribution in [3.63, 3.8) is 0 Å². The lowest BCUT2D eigenvalue weighted by atomic mass is 10.0. The molecule has 0 radical (unpaired) electrons. The smallest absolute Gasteiger partial charge is 0.241 e. The van der Waals surface area contributed by atoms with Gasteiger partial charge in [-0.25, -0.2) is 15.0 Å².